The first kappa shape index (κ1) is 23.3. The molecule has 0 aliphatic carbocycles. The van der Waals surface area contributed by atoms with E-state index < -0.39 is 0 Å². The molecule has 2 N–H and O–H groups in total. The van der Waals surface area contributed by atoms with Crippen LogP contribution in [-0.4, -0.2) is 10.2 Å². The van der Waals surface area contributed by atoms with Gasteiger partial charge in [0.2, 0.25) is 0 Å². The summed E-state index contributed by atoms with van der Waals surface area (Å²) >= 11 is 0. The molecule has 0 bridgehead atoms. The molecule has 2 aromatic carbocycles. The fraction of sp³-hybridized carbons (Fsp3) is 0.556. The van der Waals surface area contributed by atoms with Gasteiger partial charge in [-0.15, -0.1) is 0 Å². The van der Waals surface area contributed by atoms with Crippen molar-refractivity contribution in [2.75, 3.05) is 0 Å². The zero-order chi connectivity index (χ0) is 21.6. The van der Waals surface area contributed by atoms with Gasteiger partial charge in [0.15, 0.2) is 0 Å². The molecule has 2 aromatic rings. The monoisotopic (exact) mass is 396 g/mol. The summed E-state index contributed by atoms with van der Waals surface area (Å²) in [5, 5.41) is 20.8. The quantitative estimate of drug-likeness (QED) is 0.444. The number of benzene rings is 2. The summed E-state index contributed by atoms with van der Waals surface area (Å²) in [5.41, 5.74) is 7.61. The lowest BCUT2D eigenvalue weighted by molar-refractivity contribution is 0.470. The second-order valence-electron chi connectivity index (χ2n) is 8.90. The highest BCUT2D eigenvalue weighted by molar-refractivity contribution is 5.56. The van der Waals surface area contributed by atoms with Crippen LogP contribution < -0.4 is 0 Å². The van der Waals surface area contributed by atoms with E-state index in [-0.39, 0.29) is 5.41 Å². The van der Waals surface area contributed by atoms with E-state index in [0.717, 1.165) is 51.4 Å². The third kappa shape index (κ3) is 5.15. The van der Waals surface area contributed by atoms with E-state index >= 15 is 0 Å². The molecule has 0 atom stereocenters. The van der Waals surface area contributed by atoms with Gasteiger partial charge in [-0.05, 0) is 83.3 Å². The maximum absolute atomic E-state index is 10.4. The molecule has 0 heterocycles. The van der Waals surface area contributed by atoms with Gasteiger partial charge in [0.25, 0.3) is 0 Å². The Morgan fingerprint density at radius 1 is 0.552 bits per heavy atom. The highest BCUT2D eigenvalue weighted by atomic mass is 16.3. The SMILES string of the molecule is CCCc1cc(O)cc(CCC)c1C(C)(C)c1c(CCC)cc(O)cc1CCC. The number of hydrogen-bond acceptors (Lipinski definition) is 2. The lowest BCUT2D eigenvalue weighted by atomic mass is 9.69. The molecule has 0 aromatic heterocycles. The largest absolute Gasteiger partial charge is 0.508 e. The van der Waals surface area contributed by atoms with Crippen molar-refractivity contribution in [2.45, 2.75) is 98.3 Å². The zero-order valence-corrected chi connectivity index (χ0v) is 19.4. The molecule has 0 fully saturated rings. The Balaban J connectivity index is 2.84. The Morgan fingerprint density at radius 2 is 0.793 bits per heavy atom. The van der Waals surface area contributed by atoms with Crippen LogP contribution in [-0.2, 0) is 31.1 Å². The van der Waals surface area contributed by atoms with Gasteiger partial charge in [-0.3, -0.25) is 0 Å². The van der Waals surface area contributed by atoms with E-state index in [1.807, 2.05) is 24.3 Å². The van der Waals surface area contributed by atoms with Crippen LogP contribution in [0.5, 0.6) is 11.5 Å². The van der Waals surface area contributed by atoms with Gasteiger partial charge >= 0.3 is 0 Å². The highest BCUT2D eigenvalue weighted by Gasteiger charge is 2.32. The maximum atomic E-state index is 10.4. The van der Waals surface area contributed by atoms with Crippen LogP contribution in [0.1, 0.15) is 101 Å². The molecule has 0 spiro atoms. The first-order chi connectivity index (χ1) is 13.8. The fourth-order valence-corrected chi connectivity index (χ4v) is 5.10. The Bertz CT molecular complexity index is 696. The summed E-state index contributed by atoms with van der Waals surface area (Å²) in [6.45, 7) is 13.5. The van der Waals surface area contributed by atoms with Crippen molar-refractivity contribution >= 4 is 0 Å². The van der Waals surface area contributed by atoms with E-state index in [1.165, 1.54) is 33.4 Å². The Hall–Kier alpha value is -1.96. The lowest BCUT2D eigenvalue weighted by Gasteiger charge is -2.35. The van der Waals surface area contributed by atoms with Crippen molar-refractivity contribution in [3.8, 4) is 11.5 Å². The Kier molecular flexibility index (Phi) is 8.19. The lowest BCUT2D eigenvalue weighted by Crippen LogP contribution is -2.27. The number of rotatable bonds is 10. The van der Waals surface area contributed by atoms with E-state index in [1.54, 1.807) is 0 Å². The van der Waals surface area contributed by atoms with E-state index in [0.29, 0.717) is 11.5 Å². The Labute approximate surface area is 178 Å². The van der Waals surface area contributed by atoms with Crippen LogP contribution in [0, 0.1) is 0 Å². The molecule has 29 heavy (non-hydrogen) atoms. The summed E-state index contributed by atoms with van der Waals surface area (Å²) in [7, 11) is 0. The van der Waals surface area contributed by atoms with Gasteiger partial charge in [-0.2, -0.15) is 0 Å². The van der Waals surface area contributed by atoms with Gasteiger partial charge in [0.1, 0.15) is 11.5 Å². The number of phenolic OH excluding ortho intramolecular Hbond substituents is 2. The second-order valence-corrected chi connectivity index (χ2v) is 8.90. The molecule has 0 saturated heterocycles. The van der Waals surface area contributed by atoms with Gasteiger partial charge in [0.05, 0.1) is 0 Å². The summed E-state index contributed by atoms with van der Waals surface area (Å²) in [6.07, 6.45) is 8.08. The Morgan fingerprint density at radius 3 is 1.00 bits per heavy atom. The van der Waals surface area contributed by atoms with Crippen molar-refractivity contribution in [1.29, 1.82) is 0 Å². The molecule has 160 valence electrons. The predicted octanol–water partition coefficient (Wildman–Crippen LogP) is 7.23. The maximum Gasteiger partial charge on any atom is 0.116 e. The van der Waals surface area contributed by atoms with Gasteiger partial charge in [0, 0.05) is 5.41 Å². The van der Waals surface area contributed by atoms with Crippen LogP contribution >= 0.6 is 0 Å². The van der Waals surface area contributed by atoms with Crippen molar-refractivity contribution < 1.29 is 10.2 Å². The van der Waals surface area contributed by atoms with Gasteiger partial charge in [-0.25, -0.2) is 0 Å². The summed E-state index contributed by atoms with van der Waals surface area (Å²) < 4.78 is 0. The van der Waals surface area contributed by atoms with Crippen LogP contribution in [0.15, 0.2) is 24.3 Å². The van der Waals surface area contributed by atoms with Crippen LogP contribution in [0.4, 0.5) is 0 Å². The molecule has 0 aliphatic heterocycles. The van der Waals surface area contributed by atoms with Crippen molar-refractivity contribution in [3.05, 3.63) is 57.6 Å². The molecular weight excluding hydrogens is 356 g/mol. The van der Waals surface area contributed by atoms with Gasteiger partial charge in [-0.1, -0.05) is 67.2 Å². The third-order valence-electron chi connectivity index (χ3n) is 5.90. The topological polar surface area (TPSA) is 40.5 Å². The van der Waals surface area contributed by atoms with Crippen molar-refractivity contribution in [3.63, 3.8) is 0 Å². The van der Waals surface area contributed by atoms with Gasteiger partial charge < -0.3 is 10.2 Å². The smallest absolute Gasteiger partial charge is 0.116 e. The zero-order valence-electron chi connectivity index (χ0n) is 19.4. The molecular formula is C27H40O2. The molecule has 0 aliphatic rings. The number of phenols is 2. The minimum Gasteiger partial charge on any atom is -0.508 e. The molecule has 2 rings (SSSR count). The predicted molar refractivity (Wildman–Crippen MR) is 124 cm³/mol. The van der Waals surface area contributed by atoms with Crippen molar-refractivity contribution in [2.24, 2.45) is 0 Å². The summed E-state index contributed by atoms with van der Waals surface area (Å²) in [5.74, 6) is 0.759. The average molecular weight is 397 g/mol. The average Bonchev–Trinajstić information content (AvgIpc) is 2.61. The van der Waals surface area contributed by atoms with E-state index in [4.69, 9.17) is 0 Å². The number of hydrogen-bond donors (Lipinski definition) is 2. The van der Waals surface area contributed by atoms with E-state index in [2.05, 4.69) is 41.5 Å². The molecule has 0 saturated carbocycles. The highest BCUT2D eigenvalue weighted by Crippen LogP contribution is 2.43. The fourth-order valence-electron chi connectivity index (χ4n) is 5.10. The first-order valence-corrected chi connectivity index (χ1v) is 11.5. The molecule has 2 heteroatoms. The van der Waals surface area contributed by atoms with Crippen molar-refractivity contribution in [1.82, 2.24) is 0 Å². The number of aromatic hydroxyl groups is 2. The molecule has 0 unspecified atom stereocenters. The van der Waals surface area contributed by atoms with Crippen LogP contribution in [0.25, 0.3) is 0 Å². The minimum atomic E-state index is -0.189. The first-order valence-electron chi connectivity index (χ1n) is 11.5. The van der Waals surface area contributed by atoms with E-state index in [9.17, 15) is 10.2 Å². The number of aryl methyl sites for hydroxylation is 4. The second kappa shape index (κ2) is 10.2. The third-order valence-corrected chi connectivity index (χ3v) is 5.90. The summed E-state index contributed by atoms with van der Waals surface area (Å²) in [6, 6.07) is 7.89. The molecule has 0 radical (unpaired) electrons. The molecule has 2 nitrogen and oxygen atoms in total. The normalized spacial score (nSPS) is 11.8. The van der Waals surface area contributed by atoms with Crippen LogP contribution in [0.3, 0.4) is 0 Å². The standard InChI is InChI=1S/C27H40O2/c1-7-11-19-15-23(28)16-20(12-8-2)25(19)27(5,6)26-21(13-9-3)17-24(29)18-22(26)14-10-4/h15-18,28-29H,7-14H2,1-6H3. The molecule has 0 amide bonds. The van der Waals surface area contributed by atoms with Crippen LogP contribution in [0.2, 0.25) is 0 Å². The minimum absolute atomic E-state index is 0.189. The summed E-state index contributed by atoms with van der Waals surface area (Å²) in [4.78, 5) is 0.